The van der Waals surface area contributed by atoms with Crippen molar-refractivity contribution in [2.75, 3.05) is 17.2 Å². The molecule has 116 valence electrons. The maximum atomic E-state index is 14.0. The molecule has 2 aromatic rings. The van der Waals surface area contributed by atoms with Crippen LogP contribution >= 0.6 is 0 Å². The van der Waals surface area contributed by atoms with Gasteiger partial charge in [-0.05, 0) is 31.4 Å². The fourth-order valence-corrected chi connectivity index (χ4v) is 2.14. The van der Waals surface area contributed by atoms with Gasteiger partial charge in [0.25, 0.3) is 0 Å². The summed E-state index contributed by atoms with van der Waals surface area (Å²) in [6.07, 6.45) is 1.76. The lowest BCUT2D eigenvalue weighted by Crippen LogP contribution is -2.23. The number of rotatable bonds is 5. The summed E-state index contributed by atoms with van der Waals surface area (Å²) in [7, 11) is 0. The lowest BCUT2D eigenvalue weighted by Gasteiger charge is -2.12. The first-order chi connectivity index (χ1) is 10.5. The highest BCUT2D eigenvalue weighted by Gasteiger charge is 2.12. The Morgan fingerprint density at radius 1 is 1.23 bits per heavy atom. The highest BCUT2D eigenvalue weighted by atomic mass is 19.1. The molecule has 22 heavy (non-hydrogen) atoms. The van der Waals surface area contributed by atoms with E-state index in [1.807, 2.05) is 39.0 Å². The molecule has 0 saturated heterocycles. The van der Waals surface area contributed by atoms with Crippen molar-refractivity contribution >= 4 is 17.4 Å². The van der Waals surface area contributed by atoms with Gasteiger partial charge in [0.2, 0.25) is 5.91 Å². The van der Waals surface area contributed by atoms with E-state index in [2.05, 4.69) is 20.6 Å². The standard InChI is InChI=1S/C16H19FN4O/c1-4-12-14(17)16(20-9-19-12)18-8-13(22)21-15-10(2)6-5-7-11(15)3/h5-7,9H,4,8H2,1-3H3,(H,21,22)(H,18,19,20). The zero-order valence-electron chi connectivity index (χ0n) is 12.9. The predicted octanol–water partition coefficient (Wildman–Crippen LogP) is 2.85. The number of halogens is 1. The molecule has 1 aromatic heterocycles. The Morgan fingerprint density at radius 3 is 2.55 bits per heavy atom. The Kier molecular flexibility index (Phi) is 5.04. The van der Waals surface area contributed by atoms with Gasteiger partial charge in [-0.1, -0.05) is 25.1 Å². The van der Waals surface area contributed by atoms with Crippen LogP contribution in [0.2, 0.25) is 0 Å². The molecule has 0 bridgehead atoms. The third kappa shape index (κ3) is 3.58. The number of hydrogen-bond acceptors (Lipinski definition) is 4. The lowest BCUT2D eigenvalue weighted by atomic mass is 10.1. The Balaban J connectivity index is 2.02. The fraction of sp³-hybridized carbons (Fsp3) is 0.312. The highest BCUT2D eigenvalue weighted by Crippen LogP contribution is 2.19. The SMILES string of the molecule is CCc1ncnc(NCC(=O)Nc2c(C)cccc2C)c1F. The van der Waals surface area contributed by atoms with E-state index >= 15 is 0 Å². The average molecular weight is 302 g/mol. The van der Waals surface area contributed by atoms with E-state index in [9.17, 15) is 9.18 Å². The summed E-state index contributed by atoms with van der Waals surface area (Å²) in [6.45, 7) is 5.59. The molecule has 0 spiro atoms. The normalized spacial score (nSPS) is 10.4. The van der Waals surface area contributed by atoms with Crippen molar-refractivity contribution in [2.24, 2.45) is 0 Å². The first-order valence-electron chi connectivity index (χ1n) is 7.12. The summed E-state index contributed by atoms with van der Waals surface area (Å²) in [5, 5.41) is 5.54. The van der Waals surface area contributed by atoms with Gasteiger partial charge in [0.15, 0.2) is 11.6 Å². The smallest absolute Gasteiger partial charge is 0.243 e. The Morgan fingerprint density at radius 2 is 1.91 bits per heavy atom. The second kappa shape index (κ2) is 6.98. The van der Waals surface area contributed by atoms with Crippen LogP contribution < -0.4 is 10.6 Å². The summed E-state index contributed by atoms with van der Waals surface area (Å²) < 4.78 is 14.0. The van der Waals surface area contributed by atoms with Crippen LogP contribution in [0, 0.1) is 19.7 Å². The first kappa shape index (κ1) is 15.9. The lowest BCUT2D eigenvalue weighted by molar-refractivity contribution is -0.114. The molecule has 6 heteroatoms. The van der Waals surface area contributed by atoms with Crippen LogP contribution in [-0.4, -0.2) is 22.4 Å². The molecule has 1 aromatic carbocycles. The summed E-state index contributed by atoms with van der Waals surface area (Å²) in [6, 6.07) is 5.78. The number of hydrogen-bond donors (Lipinski definition) is 2. The van der Waals surface area contributed by atoms with Crippen molar-refractivity contribution in [3.05, 3.63) is 47.2 Å². The highest BCUT2D eigenvalue weighted by molar-refractivity contribution is 5.95. The van der Waals surface area contributed by atoms with Crippen LogP contribution in [0.4, 0.5) is 15.9 Å². The number of anilines is 2. The maximum absolute atomic E-state index is 14.0. The van der Waals surface area contributed by atoms with Gasteiger partial charge in [0, 0.05) is 5.69 Å². The number of para-hydroxylation sites is 1. The molecule has 2 N–H and O–H groups in total. The molecule has 1 amide bonds. The number of amides is 1. The van der Waals surface area contributed by atoms with Gasteiger partial charge < -0.3 is 10.6 Å². The zero-order valence-corrected chi connectivity index (χ0v) is 12.9. The number of carbonyl (C=O) groups is 1. The largest absolute Gasteiger partial charge is 0.358 e. The minimum atomic E-state index is -0.509. The van der Waals surface area contributed by atoms with E-state index in [-0.39, 0.29) is 18.3 Å². The predicted molar refractivity (Wildman–Crippen MR) is 84.4 cm³/mol. The maximum Gasteiger partial charge on any atom is 0.243 e. The van der Waals surface area contributed by atoms with E-state index in [1.165, 1.54) is 6.33 Å². The summed E-state index contributed by atoms with van der Waals surface area (Å²) >= 11 is 0. The molecule has 0 atom stereocenters. The Hall–Kier alpha value is -2.50. The third-order valence-corrected chi connectivity index (χ3v) is 3.36. The number of benzene rings is 1. The minimum absolute atomic E-state index is 0.0449. The molecule has 0 aliphatic carbocycles. The van der Waals surface area contributed by atoms with Gasteiger partial charge in [0.05, 0.1) is 12.2 Å². The molecule has 0 saturated carbocycles. The quantitative estimate of drug-likeness (QED) is 0.891. The van der Waals surface area contributed by atoms with E-state index in [0.717, 1.165) is 16.8 Å². The second-order valence-corrected chi connectivity index (χ2v) is 5.01. The van der Waals surface area contributed by atoms with Gasteiger partial charge in [-0.2, -0.15) is 0 Å². The van der Waals surface area contributed by atoms with E-state index in [0.29, 0.717) is 12.1 Å². The molecule has 0 radical (unpaired) electrons. The molecule has 1 heterocycles. The van der Waals surface area contributed by atoms with Gasteiger partial charge in [-0.3, -0.25) is 4.79 Å². The van der Waals surface area contributed by atoms with E-state index in [4.69, 9.17) is 0 Å². The van der Waals surface area contributed by atoms with E-state index in [1.54, 1.807) is 0 Å². The number of nitrogens with one attached hydrogen (secondary N) is 2. The van der Waals surface area contributed by atoms with Crippen molar-refractivity contribution in [1.82, 2.24) is 9.97 Å². The van der Waals surface area contributed by atoms with Crippen LogP contribution in [0.25, 0.3) is 0 Å². The Labute approximate surface area is 129 Å². The minimum Gasteiger partial charge on any atom is -0.358 e. The average Bonchev–Trinajstić information content (AvgIpc) is 2.50. The van der Waals surface area contributed by atoms with Crippen LogP contribution in [0.5, 0.6) is 0 Å². The molecule has 2 rings (SSSR count). The third-order valence-electron chi connectivity index (χ3n) is 3.36. The monoisotopic (exact) mass is 302 g/mol. The summed E-state index contributed by atoms with van der Waals surface area (Å²) in [5.74, 6) is -0.721. The topological polar surface area (TPSA) is 66.9 Å². The van der Waals surface area contributed by atoms with Crippen molar-refractivity contribution in [2.45, 2.75) is 27.2 Å². The van der Waals surface area contributed by atoms with Crippen LogP contribution in [0.1, 0.15) is 23.7 Å². The summed E-state index contributed by atoms with van der Waals surface area (Å²) in [4.78, 5) is 19.7. The van der Waals surface area contributed by atoms with Crippen molar-refractivity contribution in [3.63, 3.8) is 0 Å². The van der Waals surface area contributed by atoms with Crippen LogP contribution in [0.3, 0.4) is 0 Å². The molecular weight excluding hydrogens is 283 g/mol. The molecule has 0 aliphatic heterocycles. The Bertz CT molecular complexity index is 668. The van der Waals surface area contributed by atoms with Gasteiger partial charge in [-0.15, -0.1) is 0 Å². The molecule has 0 unspecified atom stereocenters. The summed E-state index contributed by atoms with van der Waals surface area (Å²) in [5.41, 5.74) is 3.07. The van der Waals surface area contributed by atoms with Gasteiger partial charge >= 0.3 is 0 Å². The van der Waals surface area contributed by atoms with Gasteiger partial charge in [0.1, 0.15) is 6.33 Å². The van der Waals surface area contributed by atoms with Crippen LogP contribution in [0.15, 0.2) is 24.5 Å². The van der Waals surface area contributed by atoms with Gasteiger partial charge in [-0.25, -0.2) is 14.4 Å². The van der Waals surface area contributed by atoms with Crippen molar-refractivity contribution < 1.29 is 9.18 Å². The number of nitrogens with zero attached hydrogens (tertiary/aromatic N) is 2. The second-order valence-electron chi connectivity index (χ2n) is 5.01. The van der Waals surface area contributed by atoms with Crippen molar-refractivity contribution in [1.29, 1.82) is 0 Å². The molecule has 0 aliphatic rings. The fourth-order valence-electron chi connectivity index (χ4n) is 2.14. The molecular formula is C16H19FN4O. The zero-order chi connectivity index (χ0) is 16.1. The van der Waals surface area contributed by atoms with E-state index < -0.39 is 5.82 Å². The number of carbonyl (C=O) groups excluding carboxylic acids is 1. The van der Waals surface area contributed by atoms with Crippen molar-refractivity contribution in [3.8, 4) is 0 Å². The number of aryl methyl sites for hydroxylation is 3. The van der Waals surface area contributed by atoms with Crippen LogP contribution in [-0.2, 0) is 11.2 Å². The molecule has 5 nitrogen and oxygen atoms in total. The molecule has 0 fully saturated rings. The first-order valence-corrected chi connectivity index (χ1v) is 7.12. The number of aromatic nitrogens is 2.